The van der Waals surface area contributed by atoms with Crippen molar-refractivity contribution < 1.29 is 57.2 Å². The van der Waals surface area contributed by atoms with Crippen LogP contribution < -0.4 is 20.2 Å². The van der Waals surface area contributed by atoms with Gasteiger partial charge in [-0.25, -0.2) is 4.98 Å². The van der Waals surface area contributed by atoms with Gasteiger partial charge < -0.3 is 48.1 Å². The second-order valence-corrected chi connectivity index (χ2v) is 19.0. The zero-order chi connectivity index (χ0) is 48.6. The predicted octanol–water partition coefficient (Wildman–Crippen LogP) is 8.42. The van der Waals surface area contributed by atoms with Gasteiger partial charge in [0.1, 0.15) is 47.5 Å². The molecule has 1 amide bonds. The van der Waals surface area contributed by atoms with Crippen LogP contribution >= 0.6 is 0 Å². The number of ether oxygens (including phenoxy) is 5. The molecule has 4 bridgehead atoms. The number of aliphatic hydroxyl groups excluding tert-OH is 1. The first-order valence-corrected chi connectivity index (χ1v) is 22.7. The second-order valence-electron chi connectivity index (χ2n) is 19.0. The summed E-state index contributed by atoms with van der Waals surface area (Å²) in [5.74, 6) is -4.62. The third-order valence-corrected chi connectivity index (χ3v) is 13.7. The van der Waals surface area contributed by atoms with Crippen LogP contribution in [-0.2, 0) is 23.8 Å². The summed E-state index contributed by atoms with van der Waals surface area (Å²) in [6.07, 6.45) is 6.32. The molecule has 1 aromatic heterocycles. The molecule has 15 heteroatoms. The molecule has 3 N–H and O–H groups in total. The molecule has 0 aliphatic carbocycles. The van der Waals surface area contributed by atoms with E-state index in [4.69, 9.17) is 33.1 Å². The lowest BCUT2D eigenvalue weighted by molar-refractivity contribution is -0.949. The normalized spacial score (nSPS) is 26.3. The maximum absolute atomic E-state index is 14.7. The molecule has 15 nitrogen and oxygen atoms in total. The molecule has 2 aliphatic heterocycles. The van der Waals surface area contributed by atoms with E-state index in [2.05, 4.69) is 40.1 Å². The summed E-state index contributed by atoms with van der Waals surface area (Å²) in [4.78, 5) is 60.3. The largest absolute Gasteiger partial charge is 0.505 e. The number of carbonyl (C=O) groups is 3. The highest BCUT2D eigenvalue weighted by atomic mass is 16.7. The summed E-state index contributed by atoms with van der Waals surface area (Å²) in [5, 5.41) is 26.1. The molecule has 0 radical (unpaired) electrons. The number of Topliss-reactive ketones (excluding diaryl/α,β-unsaturated/α-hetero) is 1. The number of phenols is 1. The van der Waals surface area contributed by atoms with Crippen molar-refractivity contribution in [3.63, 3.8) is 0 Å². The van der Waals surface area contributed by atoms with Gasteiger partial charge in [0, 0.05) is 49.5 Å². The van der Waals surface area contributed by atoms with Gasteiger partial charge in [-0.1, -0.05) is 39.0 Å². The number of allylic oxidation sites excluding steroid dienone is 3. The molecule has 66 heavy (non-hydrogen) atoms. The van der Waals surface area contributed by atoms with E-state index < -0.39 is 58.9 Å². The lowest BCUT2D eigenvalue weighted by Gasteiger charge is -2.42. The molecule has 6 rings (SSSR count). The quantitative estimate of drug-likeness (QED) is 0.0502. The lowest BCUT2D eigenvalue weighted by Crippen LogP contribution is -2.56. The van der Waals surface area contributed by atoms with Gasteiger partial charge in [-0.3, -0.25) is 19.2 Å². The molecule has 3 aromatic carbocycles. The highest BCUT2D eigenvalue weighted by Gasteiger charge is 2.49. The zero-order valence-corrected chi connectivity index (χ0v) is 40.4. The van der Waals surface area contributed by atoms with E-state index in [1.165, 1.54) is 40.2 Å². The smallest absolute Gasteiger partial charge is 0.312 e. The van der Waals surface area contributed by atoms with Crippen LogP contribution in [0.3, 0.4) is 0 Å². The number of phenolic OH excluding ortho intramolecular Hbond substituents is 1. The molecule has 3 unspecified atom stereocenters. The molecule has 0 saturated carbocycles. The van der Waals surface area contributed by atoms with E-state index in [1.807, 2.05) is 19.9 Å². The molecule has 0 fully saturated rings. The van der Waals surface area contributed by atoms with Crippen molar-refractivity contribution in [1.29, 1.82) is 0 Å². The number of fused-ring (bicyclic) bond motifs is 2. The number of aliphatic hydroxyl groups is 1. The molecular weight excluding hydrogens is 847 g/mol. The third-order valence-electron chi connectivity index (χ3n) is 13.7. The standard InChI is InChI=1S/C51H65N3O12/c1-26(2)54(12,27(3)4)20-22-62-34-17-18-35-38(25-34)65-48-42(52-35)39-40-44(57)32(9)47-41(39)49(59)51(11,66-47)63-21-19-37(61-13)31(8)46(64-33(10)55)36(56)24-29(6)23-28(5)15-14-16-30(7)50(60)53-43(48)45(40)58/h14-19,21,25-29,31,36-37,46,56H,20,22-24H2,1-13H3,(H-,52,53,57,58,59,60)/p+1/b15-14+,21-19+,30-16-/t28?,29-,31-,36?,37+,46?,51+/m1/s1. The Bertz CT molecular complexity index is 2670. The number of likely N-dealkylation sites (N-methyl/N-ethyl adjacent to an activating group) is 1. The van der Waals surface area contributed by atoms with Crippen molar-refractivity contribution in [2.24, 2.45) is 17.8 Å². The number of hydrogen-bond acceptors (Lipinski definition) is 13. The van der Waals surface area contributed by atoms with Crippen LogP contribution in [0.5, 0.6) is 17.2 Å². The number of benzene rings is 3. The molecule has 2 aliphatic rings. The number of aromatic hydroxyl groups is 1. The number of aromatic nitrogens is 1. The number of nitrogens with one attached hydrogen (secondary N) is 1. The Morgan fingerprint density at radius 1 is 1.05 bits per heavy atom. The monoisotopic (exact) mass is 912 g/mol. The van der Waals surface area contributed by atoms with E-state index in [0.717, 1.165) is 11.0 Å². The van der Waals surface area contributed by atoms with E-state index in [1.54, 1.807) is 44.2 Å². The van der Waals surface area contributed by atoms with Crippen LogP contribution in [-0.4, -0.2) is 101 Å². The van der Waals surface area contributed by atoms with Gasteiger partial charge in [-0.05, 0) is 84.4 Å². The number of anilines is 1. The fourth-order valence-corrected chi connectivity index (χ4v) is 9.09. The summed E-state index contributed by atoms with van der Waals surface area (Å²) >= 11 is 0. The summed E-state index contributed by atoms with van der Waals surface area (Å²) in [7, 11) is 3.66. The highest BCUT2D eigenvalue weighted by Crippen LogP contribution is 2.48. The van der Waals surface area contributed by atoms with Crippen molar-refractivity contribution in [3.8, 4) is 17.2 Å². The summed E-state index contributed by atoms with van der Waals surface area (Å²) in [5.41, 5.74) is -0.184. The Morgan fingerprint density at radius 3 is 2.39 bits per heavy atom. The topological polar surface area (TPSA) is 193 Å². The number of methoxy groups -OCH3 is 1. The predicted molar refractivity (Wildman–Crippen MR) is 253 cm³/mol. The van der Waals surface area contributed by atoms with Gasteiger partial charge >= 0.3 is 11.8 Å². The second kappa shape index (κ2) is 19.6. The zero-order valence-electron chi connectivity index (χ0n) is 40.4. The van der Waals surface area contributed by atoms with Crippen molar-refractivity contribution in [2.45, 2.75) is 125 Å². The Balaban J connectivity index is 1.54. The highest BCUT2D eigenvalue weighted by molar-refractivity contribution is 6.26. The Hall–Kier alpha value is -5.77. The number of quaternary nitrogens is 1. The van der Waals surface area contributed by atoms with Crippen LogP contribution in [0, 0.1) is 24.7 Å². The number of rotatable bonds is 8. The SMILES string of the molecule is CO[C@H]1/C=C/O[C@@]2(C)Oc3c(C)c(=O)c4c(O)c(c5oc6cc(OCC[N+](C)(C(C)C)C(C)C)ccc6nc5c4c3C2=O)NC(=O)/C(C)=C\C=C\C(C)C[C@@H](C)CC(O)C(OC(C)=O)[C@@H]1C. The first-order chi connectivity index (χ1) is 31.0. The van der Waals surface area contributed by atoms with Gasteiger partial charge in [0.2, 0.25) is 0 Å². The summed E-state index contributed by atoms with van der Waals surface area (Å²) in [6.45, 7) is 21.5. The minimum Gasteiger partial charge on any atom is -0.505 e. The molecule has 0 saturated heterocycles. The number of amides is 1. The summed E-state index contributed by atoms with van der Waals surface area (Å²) < 4.78 is 37.3. The van der Waals surface area contributed by atoms with Crippen LogP contribution in [0.2, 0.25) is 0 Å². The average Bonchev–Trinajstić information content (AvgIpc) is 3.51. The van der Waals surface area contributed by atoms with E-state index in [9.17, 15) is 29.4 Å². The molecular formula is C51H66N3O12+. The van der Waals surface area contributed by atoms with Crippen LogP contribution in [0.25, 0.3) is 33.0 Å². The fraction of sp³-hybridized carbons (Fsp3) is 0.510. The van der Waals surface area contributed by atoms with E-state index in [0.29, 0.717) is 42.8 Å². The minimum atomic E-state index is -2.02. The molecule has 356 valence electrons. The first kappa shape index (κ1) is 49.7. The maximum atomic E-state index is 14.7. The number of esters is 1. The molecule has 0 spiro atoms. The first-order valence-electron chi connectivity index (χ1n) is 22.7. The van der Waals surface area contributed by atoms with Crippen LogP contribution in [0.1, 0.15) is 98.0 Å². The minimum absolute atomic E-state index is 0.00293. The maximum Gasteiger partial charge on any atom is 0.312 e. The van der Waals surface area contributed by atoms with Gasteiger partial charge in [0.25, 0.3) is 11.7 Å². The molecule has 4 aromatic rings. The fourth-order valence-electron chi connectivity index (χ4n) is 9.09. The molecule has 7 atom stereocenters. The number of carbonyl (C=O) groups excluding carboxylic acids is 3. The van der Waals surface area contributed by atoms with Gasteiger partial charge in [0.05, 0.1) is 48.6 Å². The lowest BCUT2D eigenvalue weighted by atomic mass is 9.86. The van der Waals surface area contributed by atoms with Gasteiger partial charge in [0.15, 0.2) is 22.3 Å². The van der Waals surface area contributed by atoms with Crippen molar-refractivity contribution in [3.05, 3.63) is 75.7 Å². The summed E-state index contributed by atoms with van der Waals surface area (Å²) in [6, 6.07) is 5.86. The Kier molecular flexibility index (Phi) is 14.7. The van der Waals surface area contributed by atoms with Gasteiger partial charge in [-0.2, -0.15) is 0 Å². The Labute approximate surface area is 386 Å². The third kappa shape index (κ3) is 9.70. The number of ketones is 1. The Morgan fingerprint density at radius 2 is 1.74 bits per heavy atom. The van der Waals surface area contributed by atoms with Crippen molar-refractivity contribution >= 4 is 56.3 Å². The van der Waals surface area contributed by atoms with E-state index >= 15 is 0 Å². The van der Waals surface area contributed by atoms with Gasteiger partial charge in [-0.15, -0.1) is 0 Å². The van der Waals surface area contributed by atoms with Crippen LogP contribution in [0.15, 0.2) is 63.6 Å². The number of hydrogen-bond donors (Lipinski definition) is 3. The molecule has 3 heterocycles. The average molecular weight is 913 g/mol. The van der Waals surface area contributed by atoms with Crippen molar-refractivity contribution in [2.75, 3.05) is 32.6 Å². The van der Waals surface area contributed by atoms with Crippen molar-refractivity contribution in [1.82, 2.24) is 4.98 Å². The number of nitrogens with zero attached hydrogens (tertiary/aromatic N) is 2. The van der Waals surface area contributed by atoms with E-state index in [-0.39, 0.29) is 67.4 Å². The van der Waals surface area contributed by atoms with Crippen LogP contribution in [0.4, 0.5) is 5.69 Å².